The Hall–Kier alpha value is -1.68. The topological polar surface area (TPSA) is 43.4 Å². The quantitative estimate of drug-likeness (QED) is 0.717. The van der Waals surface area contributed by atoms with Crippen LogP contribution in [0, 0.1) is 11.8 Å². The maximum absolute atomic E-state index is 12.1. The summed E-state index contributed by atoms with van der Waals surface area (Å²) in [5.41, 5.74) is 5.27. The normalized spacial score (nSPS) is 24.8. The van der Waals surface area contributed by atoms with Crippen LogP contribution in [0.15, 0.2) is 29.9 Å². The maximum atomic E-state index is 12.1. The minimum Gasteiger partial charge on any atom is -0.488 e. The molecule has 0 saturated carbocycles. The number of rotatable bonds is 2. The number of alkyl halides is 1. The molecule has 1 aromatic rings. The molecule has 0 bridgehead atoms. The summed E-state index contributed by atoms with van der Waals surface area (Å²) in [4.78, 5) is 24.3. The average Bonchev–Trinajstić information content (AvgIpc) is 2.59. The standard InChI is InChI=1S/C20H19BrO3/c1-11-5-15-13(7-14(11)19(23)9-21)10-24-20-8-16-12(6-17(15)20)3-2-4-18(16)22/h5-8,11,14H,2-4,9-10H2,1H3. The summed E-state index contributed by atoms with van der Waals surface area (Å²) in [5, 5.41) is 0.377. The molecule has 3 aliphatic rings. The third-order valence-corrected chi connectivity index (χ3v) is 5.81. The molecule has 0 fully saturated rings. The Labute approximate surface area is 149 Å². The summed E-state index contributed by atoms with van der Waals surface area (Å²) in [6, 6.07) is 4.05. The van der Waals surface area contributed by atoms with Crippen molar-refractivity contribution >= 4 is 33.1 Å². The molecule has 2 aliphatic carbocycles. The van der Waals surface area contributed by atoms with Crippen molar-refractivity contribution in [3.8, 4) is 5.75 Å². The Morgan fingerprint density at radius 3 is 2.88 bits per heavy atom. The number of carbonyl (C=O) groups excluding carboxylic acids is 2. The molecule has 4 rings (SSSR count). The lowest BCUT2D eigenvalue weighted by molar-refractivity contribution is -0.119. The minimum atomic E-state index is -0.0903. The predicted molar refractivity (Wildman–Crippen MR) is 96.7 cm³/mol. The van der Waals surface area contributed by atoms with Crippen molar-refractivity contribution in [3.05, 3.63) is 46.5 Å². The summed E-state index contributed by atoms with van der Waals surface area (Å²) >= 11 is 3.28. The van der Waals surface area contributed by atoms with E-state index >= 15 is 0 Å². The Kier molecular flexibility index (Phi) is 3.95. The van der Waals surface area contributed by atoms with Crippen molar-refractivity contribution in [2.75, 3.05) is 11.9 Å². The Bertz CT molecular complexity index is 803. The van der Waals surface area contributed by atoms with Crippen LogP contribution in [0.2, 0.25) is 0 Å². The summed E-state index contributed by atoms with van der Waals surface area (Å²) in [6.07, 6.45) is 6.76. The van der Waals surface area contributed by atoms with Gasteiger partial charge in [-0.05, 0) is 47.6 Å². The number of benzene rings is 1. The Morgan fingerprint density at radius 1 is 1.25 bits per heavy atom. The monoisotopic (exact) mass is 386 g/mol. The number of aryl methyl sites for hydroxylation is 1. The van der Waals surface area contributed by atoms with Gasteiger partial charge in [0.05, 0.1) is 5.33 Å². The van der Waals surface area contributed by atoms with Gasteiger partial charge in [0.1, 0.15) is 12.4 Å². The highest BCUT2D eigenvalue weighted by Gasteiger charge is 2.32. The van der Waals surface area contributed by atoms with Crippen LogP contribution in [-0.4, -0.2) is 23.5 Å². The summed E-state index contributed by atoms with van der Waals surface area (Å²) < 4.78 is 5.92. The number of ketones is 2. The van der Waals surface area contributed by atoms with Gasteiger partial charge in [-0.3, -0.25) is 9.59 Å². The van der Waals surface area contributed by atoms with Crippen molar-refractivity contribution < 1.29 is 14.3 Å². The van der Waals surface area contributed by atoms with Crippen LogP contribution in [0.4, 0.5) is 0 Å². The zero-order valence-corrected chi connectivity index (χ0v) is 15.2. The van der Waals surface area contributed by atoms with E-state index in [4.69, 9.17) is 4.74 Å². The van der Waals surface area contributed by atoms with Crippen molar-refractivity contribution in [2.45, 2.75) is 26.2 Å². The second-order valence-corrected chi connectivity index (χ2v) is 7.39. The third-order valence-electron chi connectivity index (χ3n) is 5.26. The van der Waals surface area contributed by atoms with E-state index in [0.29, 0.717) is 18.4 Å². The molecule has 2 atom stereocenters. The van der Waals surface area contributed by atoms with Crippen LogP contribution in [0.1, 0.15) is 41.3 Å². The molecule has 0 spiro atoms. The van der Waals surface area contributed by atoms with Crippen molar-refractivity contribution in [1.82, 2.24) is 0 Å². The molecule has 0 radical (unpaired) electrons. The number of carbonyl (C=O) groups is 2. The van der Waals surface area contributed by atoms with Gasteiger partial charge in [0, 0.05) is 23.5 Å². The first-order valence-corrected chi connectivity index (χ1v) is 9.55. The van der Waals surface area contributed by atoms with Gasteiger partial charge in [-0.25, -0.2) is 0 Å². The van der Waals surface area contributed by atoms with E-state index in [1.54, 1.807) is 0 Å². The van der Waals surface area contributed by atoms with Gasteiger partial charge in [0.2, 0.25) is 0 Å². The second kappa shape index (κ2) is 5.99. The second-order valence-electron chi connectivity index (χ2n) is 6.83. The summed E-state index contributed by atoms with van der Waals surface area (Å²) in [5.74, 6) is 1.29. The van der Waals surface area contributed by atoms with Crippen molar-refractivity contribution in [2.24, 2.45) is 11.8 Å². The lowest BCUT2D eigenvalue weighted by Gasteiger charge is -2.31. The zero-order valence-electron chi connectivity index (χ0n) is 13.6. The summed E-state index contributed by atoms with van der Waals surface area (Å²) in [7, 11) is 0. The largest absolute Gasteiger partial charge is 0.488 e. The van der Waals surface area contributed by atoms with E-state index in [-0.39, 0.29) is 23.4 Å². The zero-order chi connectivity index (χ0) is 16.8. The molecule has 24 heavy (non-hydrogen) atoms. The number of allylic oxidation sites excluding steroid dienone is 2. The molecular weight excluding hydrogens is 368 g/mol. The highest BCUT2D eigenvalue weighted by atomic mass is 79.9. The molecule has 3 nitrogen and oxygen atoms in total. The molecule has 0 N–H and O–H groups in total. The van der Waals surface area contributed by atoms with Crippen LogP contribution in [0.5, 0.6) is 5.75 Å². The lowest BCUT2D eigenvalue weighted by atomic mass is 9.77. The molecule has 1 heterocycles. The van der Waals surface area contributed by atoms with Gasteiger partial charge < -0.3 is 4.74 Å². The Morgan fingerprint density at radius 2 is 2.08 bits per heavy atom. The third kappa shape index (κ3) is 2.48. The van der Waals surface area contributed by atoms with Crippen LogP contribution in [0.3, 0.4) is 0 Å². The smallest absolute Gasteiger partial charge is 0.163 e. The van der Waals surface area contributed by atoms with E-state index in [0.717, 1.165) is 40.9 Å². The Balaban J connectivity index is 1.78. The number of ether oxygens (including phenoxy) is 1. The van der Waals surface area contributed by atoms with Crippen molar-refractivity contribution in [1.29, 1.82) is 0 Å². The van der Waals surface area contributed by atoms with Gasteiger partial charge in [-0.2, -0.15) is 0 Å². The van der Waals surface area contributed by atoms with Gasteiger partial charge >= 0.3 is 0 Å². The summed E-state index contributed by atoms with van der Waals surface area (Å²) in [6.45, 7) is 2.55. The van der Waals surface area contributed by atoms with E-state index in [2.05, 4.69) is 41.1 Å². The average molecular weight is 387 g/mol. The van der Waals surface area contributed by atoms with Crippen LogP contribution >= 0.6 is 15.9 Å². The molecule has 1 aromatic carbocycles. The highest BCUT2D eigenvalue weighted by molar-refractivity contribution is 9.09. The predicted octanol–water partition coefficient (Wildman–Crippen LogP) is 4.14. The fourth-order valence-corrected chi connectivity index (χ4v) is 4.32. The number of hydrogen-bond donors (Lipinski definition) is 0. The van der Waals surface area contributed by atoms with Crippen LogP contribution < -0.4 is 4.74 Å². The molecule has 0 aromatic heterocycles. The number of Topliss-reactive ketones (excluding diaryl/α,β-unsaturated/α-hetero) is 2. The number of halogens is 1. The van der Waals surface area contributed by atoms with Crippen LogP contribution in [-0.2, 0) is 11.2 Å². The molecule has 124 valence electrons. The SMILES string of the molecule is CC1C=C2C(=CC1C(=O)CBr)COc1cc3c(cc12)CCCC3=O. The number of hydrogen-bond acceptors (Lipinski definition) is 3. The first-order valence-electron chi connectivity index (χ1n) is 8.43. The van der Waals surface area contributed by atoms with Gasteiger partial charge in [0.25, 0.3) is 0 Å². The highest BCUT2D eigenvalue weighted by Crippen LogP contribution is 2.43. The molecule has 1 aliphatic heterocycles. The molecule has 0 amide bonds. The fraction of sp³-hybridized carbons (Fsp3) is 0.400. The van der Waals surface area contributed by atoms with Crippen molar-refractivity contribution in [3.63, 3.8) is 0 Å². The lowest BCUT2D eigenvalue weighted by Crippen LogP contribution is -2.26. The number of fused-ring (bicyclic) bond motifs is 4. The van der Waals surface area contributed by atoms with E-state index < -0.39 is 0 Å². The molecular formula is C20H19BrO3. The van der Waals surface area contributed by atoms with Gasteiger partial charge in [-0.1, -0.05) is 35.0 Å². The van der Waals surface area contributed by atoms with Crippen LogP contribution in [0.25, 0.3) is 5.57 Å². The minimum absolute atomic E-state index is 0.0903. The fourth-order valence-electron chi connectivity index (χ4n) is 3.95. The van der Waals surface area contributed by atoms with Gasteiger partial charge in [-0.15, -0.1) is 0 Å². The maximum Gasteiger partial charge on any atom is 0.163 e. The molecule has 0 saturated heterocycles. The first-order chi connectivity index (χ1) is 11.6. The molecule has 2 unspecified atom stereocenters. The first kappa shape index (κ1) is 15.8. The molecule has 4 heteroatoms. The van der Waals surface area contributed by atoms with E-state index in [1.807, 2.05) is 6.07 Å². The van der Waals surface area contributed by atoms with E-state index in [9.17, 15) is 9.59 Å². The van der Waals surface area contributed by atoms with Gasteiger partial charge in [0.15, 0.2) is 11.6 Å². The van der Waals surface area contributed by atoms with E-state index in [1.165, 1.54) is 5.57 Å².